The standard InChI is InChI=1S/C17H25N7O/c1-12-8-13(2)24(22-12)16-10-19-9-15(21-16)20-14-4-6-23(7-5-14)11-17(25)18-3/h8-10,14H,4-7,11H2,1-3H3,(H,18,25)(H,20,21). The van der Waals surface area contributed by atoms with Crippen LogP contribution in [0.25, 0.3) is 5.82 Å². The predicted octanol–water partition coefficient (Wildman–Crippen LogP) is 0.901. The number of nitrogens with one attached hydrogen (secondary N) is 2. The highest BCUT2D eigenvalue weighted by atomic mass is 16.1. The average molecular weight is 343 g/mol. The lowest BCUT2D eigenvalue weighted by atomic mass is 10.1. The summed E-state index contributed by atoms with van der Waals surface area (Å²) < 4.78 is 1.81. The highest BCUT2D eigenvalue weighted by molar-refractivity contribution is 5.77. The molecular weight excluding hydrogens is 318 g/mol. The smallest absolute Gasteiger partial charge is 0.233 e. The van der Waals surface area contributed by atoms with E-state index in [-0.39, 0.29) is 5.91 Å². The summed E-state index contributed by atoms with van der Waals surface area (Å²) in [6.07, 6.45) is 5.41. The summed E-state index contributed by atoms with van der Waals surface area (Å²) in [5, 5.41) is 10.6. The Morgan fingerprint density at radius 2 is 2.04 bits per heavy atom. The SMILES string of the molecule is CNC(=O)CN1CCC(Nc2cncc(-n3nc(C)cc3C)n2)CC1. The lowest BCUT2D eigenvalue weighted by Crippen LogP contribution is -2.43. The first-order valence-corrected chi connectivity index (χ1v) is 8.60. The van der Waals surface area contributed by atoms with Gasteiger partial charge in [0.1, 0.15) is 5.82 Å². The monoisotopic (exact) mass is 343 g/mol. The molecule has 134 valence electrons. The number of carbonyl (C=O) groups is 1. The summed E-state index contributed by atoms with van der Waals surface area (Å²) in [4.78, 5) is 22.6. The number of anilines is 1. The van der Waals surface area contributed by atoms with Gasteiger partial charge in [0.05, 0.1) is 24.6 Å². The first kappa shape index (κ1) is 17.3. The van der Waals surface area contributed by atoms with Crippen LogP contribution in [0.2, 0.25) is 0 Å². The Labute approximate surface area is 147 Å². The number of aromatic nitrogens is 4. The van der Waals surface area contributed by atoms with E-state index in [9.17, 15) is 4.79 Å². The fraction of sp³-hybridized carbons (Fsp3) is 0.529. The number of likely N-dealkylation sites (tertiary alicyclic amines) is 1. The summed E-state index contributed by atoms with van der Waals surface area (Å²) in [6.45, 7) is 6.23. The number of rotatable bonds is 5. The van der Waals surface area contributed by atoms with Crippen molar-refractivity contribution >= 4 is 11.7 Å². The molecule has 8 nitrogen and oxygen atoms in total. The molecule has 1 fully saturated rings. The fourth-order valence-electron chi connectivity index (χ4n) is 3.11. The van der Waals surface area contributed by atoms with E-state index in [2.05, 4.69) is 30.6 Å². The van der Waals surface area contributed by atoms with Crippen molar-refractivity contribution in [2.45, 2.75) is 32.7 Å². The lowest BCUT2D eigenvalue weighted by Gasteiger charge is -2.31. The van der Waals surface area contributed by atoms with Crippen LogP contribution in [0.3, 0.4) is 0 Å². The molecule has 2 aromatic rings. The Balaban J connectivity index is 1.60. The van der Waals surface area contributed by atoms with Gasteiger partial charge >= 0.3 is 0 Å². The quantitative estimate of drug-likeness (QED) is 0.839. The van der Waals surface area contributed by atoms with Crippen molar-refractivity contribution in [1.29, 1.82) is 0 Å². The second kappa shape index (κ2) is 7.60. The van der Waals surface area contributed by atoms with Gasteiger partial charge in [-0.05, 0) is 32.8 Å². The van der Waals surface area contributed by atoms with Gasteiger partial charge < -0.3 is 10.6 Å². The third-order valence-electron chi connectivity index (χ3n) is 4.43. The number of aryl methyl sites for hydroxylation is 2. The molecule has 0 saturated carbocycles. The zero-order chi connectivity index (χ0) is 17.8. The molecule has 0 radical (unpaired) electrons. The lowest BCUT2D eigenvalue weighted by molar-refractivity contribution is -0.122. The Bertz CT molecular complexity index is 734. The van der Waals surface area contributed by atoms with Crippen molar-refractivity contribution < 1.29 is 4.79 Å². The number of hydrogen-bond acceptors (Lipinski definition) is 6. The predicted molar refractivity (Wildman–Crippen MR) is 95.8 cm³/mol. The van der Waals surface area contributed by atoms with Crippen LogP contribution >= 0.6 is 0 Å². The molecule has 0 bridgehead atoms. The van der Waals surface area contributed by atoms with Crippen LogP contribution in [-0.4, -0.2) is 63.3 Å². The first-order chi connectivity index (χ1) is 12.0. The molecule has 0 aromatic carbocycles. The van der Waals surface area contributed by atoms with E-state index >= 15 is 0 Å². The zero-order valence-corrected chi connectivity index (χ0v) is 15.0. The van der Waals surface area contributed by atoms with Crippen LogP contribution < -0.4 is 10.6 Å². The molecule has 2 aromatic heterocycles. The number of likely N-dealkylation sites (N-methyl/N-ethyl adjacent to an activating group) is 1. The number of hydrogen-bond donors (Lipinski definition) is 2. The van der Waals surface area contributed by atoms with E-state index in [1.54, 1.807) is 24.1 Å². The van der Waals surface area contributed by atoms with Crippen molar-refractivity contribution in [3.05, 3.63) is 29.8 Å². The molecule has 0 atom stereocenters. The van der Waals surface area contributed by atoms with Gasteiger partial charge in [-0.25, -0.2) is 9.67 Å². The van der Waals surface area contributed by atoms with E-state index in [4.69, 9.17) is 0 Å². The van der Waals surface area contributed by atoms with Crippen molar-refractivity contribution in [2.75, 3.05) is 32.0 Å². The molecule has 1 amide bonds. The number of nitrogens with zero attached hydrogens (tertiary/aromatic N) is 5. The topological polar surface area (TPSA) is 88.0 Å². The highest BCUT2D eigenvalue weighted by Crippen LogP contribution is 2.16. The van der Waals surface area contributed by atoms with Crippen LogP contribution in [0.15, 0.2) is 18.5 Å². The summed E-state index contributed by atoms with van der Waals surface area (Å²) in [5.41, 5.74) is 1.99. The van der Waals surface area contributed by atoms with Gasteiger partial charge in [0.2, 0.25) is 5.91 Å². The fourth-order valence-corrected chi connectivity index (χ4v) is 3.11. The molecule has 25 heavy (non-hydrogen) atoms. The molecular formula is C17H25N7O. The van der Waals surface area contributed by atoms with Crippen molar-refractivity contribution in [3.8, 4) is 5.82 Å². The Hall–Kier alpha value is -2.48. The Morgan fingerprint density at radius 3 is 2.68 bits per heavy atom. The van der Waals surface area contributed by atoms with Gasteiger partial charge in [0, 0.05) is 31.9 Å². The molecule has 0 aliphatic carbocycles. The van der Waals surface area contributed by atoms with Crippen LogP contribution in [0.4, 0.5) is 5.82 Å². The molecule has 1 aliphatic heterocycles. The van der Waals surface area contributed by atoms with Gasteiger partial charge in [-0.3, -0.25) is 14.7 Å². The van der Waals surface area contributed by atoms with Crippen molar-refractivity contribution in [3.63, 3.8) is 0 Å². The second-order valence-electron chi connectivity index (χ2n) is 6.47. The van der Waals surface area contributed by atoms with Gasteiger partial charge in [0.15, 0.2) is 5.82 Å². The molecule has 1 saturated heterocycles. The molecule has 8 heteroatoms. The van der Waals surface area contributed by atoms with Crippen molar-refractivity contribution in [1.82, 2.24) is 30.0 Å². The van der Waals surface area contributed by atoms with Gasteiger partial charge in [-0.1, -0.05) is 0 Å². The van der Waals surface area contributed by atoms with Crippen LogP contribution in [0.5, 0.6) is 0 Å². The molecule has 1 aliphatic rings. The van der Waals surface area contributed by atoms with E-state index < -0.39 is 0 Å². The zero-order valence-electron chi connectivity index (χ0n) is 15.0. The molecule has 2 N–H and O–H groups in total. The maximum absolute atomic E-state index is 11.5. The minimum atomic E-state index is 0.0647. The van der Waals surface area contributed by atoms with Crippen LogP contribution in [-0.2, 0) is 4.79 Å². The van der Waals surface area contributed by atoms with E-state index in [0.717, 1.165) is 43.1 Å². The van der Waals surface area contributed by atoms with Gasteiger partial charge in [-0.15, -0.1) is 0 Å². The van der Waals surface area contributed by atoms with Gasteiger partial charge in [0.25, 0.3) is 0 Å². The third kappa shape index (κ3) is 4.33. The number of carbonyl (C=O) groups excluding carboxylic acids is 1. The maximum Gasteiger partial charge on any atom is 0.233 e. The van der Waals surface area contributed by atoms with E-state index in [1.165, 1.54) is 0 Å². The van der Waals surface area contributed by atoms with E-state index in [0.29, 0.717) is 18.4 Å². The van der Waals surface area contributed by atoms with Gasteiger partial charge in [-0.2, -0.15) is 5.10 Å². The summed E-state index contributed by atoms with van der Waals surface area (Å²) in [6, 6.07) is 2.36. The van der Waals surface area contributed by atoms with Crippen LogP contribution in [0.1, 0.15) is 24.2 Å². The number of piperidine rings is 1. The largest absolute Gasteiger partial charge is 0.366 e. The van der Waals surface area contributed by atoms with Crippen molar-refractivity contribution in [2.24, 2.45) is 0 Å². The summed E-state index contributed by atoms with van der Waals surface area (Å²) >= 11 is 0. The summed E-state index contributed by atoms with van der Waals surface area (Å²) in [5.74, 6) is 1.54. The Morgan fingerprint density at radius 1 is 1.28 bits per heavy atom. The summed E-state index contributed by atoms with van der Waals surface area (Å²) in [7, 11) is 1.67. The third-order valence-corrected chi connectivity index (χ3v) is 4.43. The molecule has 3 heterocycles. The minimum absolute atomic E-state index is 0.0647. The molecule has 0 spiro atoms. The highest BCUT2D eigenvalue weighted by Gasteiger charge is 2.21. The Kier molecular flexibility index (Phi) is 5.28. The van der Waals surface area contributed by atoms with Crippen LogP contribution in [0, 0.1) is 13.8 Å². The van der Waals surface area contributed by atoms with E-state index in [1.807, 2.05) is 19.9 Å². The maximum atomic E-state index is 11.5. The number of amides is 1. The first-order valence-electron chi connectivity index (χ1n) is 8.60. The molecule has 3 rings (SSSR count). The second-order valence-corrected chi connectivity index (χ2v) is 6.47. The average Bonchev–Trinajstić information content (AvgIpc) is 2.95. The minimum Gasteiger partial charge on any atom is -0.366 e. The normalized spacial score (nSPS) is 16.0. The molecule has 0 unspecified atom stereocenters.